The standard InChI is InChI=1S/C31H33F5N2O7S/c1-3-46(41,42)25-11-4-19(5-12-25)27(17-39)37-29(40)26-13-8-21(15-28(26)43-2)38-16-24(14-22(38)18-44-30(32)33)45-23-9-6-20(7-10-23)31(34,35)36/h4-13,15,22,24,27,30,39H,3,14,16-18H2,1-2H3,(H,37,40)/t22-,24-,27-/m0/s1. The Morgan fingerprint density at radius 2 is 1.74 bits per heavy atom. The molecule has 1 aliphatic rings. The van der Waals surface area contributed by atoms with Crippen molar-refractivity contribution in [2.45, 2.75) is 49.2 Å². The molecule has 3 aromatic rings. The summed E-state index contributed by atoms with van der Waals surface area (Å²) in [5.41, 5.74) is 0.228. The maximum absolute atomic E-state index is 13.2. The fourth-order valence-corrected chi connectivity index (χ4v) is 6.01. The van der Waals surface area contributed by atoms with E-state index < -0.39 is 58.9 Å². The lowest BCUT2D eigenvalue weighted by molar-refractivity contribution is -0.137. The van der Waals surface area contributed by atoms with Crippen LogP contribution in [-0.4, -0.2) is 70.8 Å². The number of sulfone groups is 1. The van der Waals surface area contributed by atoms with Crippen LogP contribution in [0.1, 0.15) is 40.9 Å². The van der Waals surface area contributed by atoms with Gasteiger partial charge in [0.25, 0.3) is 5.91 Å². The highest BCUT2D eigenvalue weighted by molar-refractivity contribution is 7.91. The van der Waals surface area contributed by atoms with Gasteiger partial charge in [-0.2, -0.15) is 22.0 Å². The van der Waals surface area contributed by atoms with Crippen LogP contribution < -0.4 is 19.7 Å². The summed E-state index contributed by atoms with van der Waals surface area (Å²) in [6, 6.07) is 13.1. The van der Waals surface area contributed by atoms with Crippen LogP contribution in [0.25, 0.3) is 0 Å². The molecule has 9 nitrogen and oxygen atoms in total. The van der Waals surface area contributed by atoms with Crippen LogP contribution in [0.4, 0.5) is 27.6 Å². The number of aliphatic hydroxyl groups excluding tert-OH is 1. The highest BCUT2D eigenvalue weighted by Gasteiger charge is 2.36. The lowest BCUT2D eigenvalue weighted by Gasteiger charge is -2.27. The van der Waals surface area contributed by atoms with Gasteiger partial charge in [0, 0.05) is 18.2 Å². The summed E-state index contributed by atoms with van der Waals surface area (Å²) in [7, 11) is -2.09. The highest BCUT2D eigenvalue weighted by atomic mass is 32.2. The van der Waals surface area contributed by atoms with E-state index in [0.29, 0.717) is 11.3 Å². The number of hydrogen-bond donors (Lipinski definition) is 2. The maximum Gasteiger partial charge on any atom is 0.416 e. The first-order valence-electron chi connectivity index (χ1n) is 14.2. The molecule has 46 heavy (non-hydrogen) atoms. The van der Waals surface area contributed by atoms with E-state index >= 15 is 0 Å². The van der Waals surface area contributed by atoms with Gasteiger partial charge in [0.05, 0.1) is 60.7 Å². The van der Waals surface area contributed by atoms with E-state index in [2.05, 4.69) is 10.1 Å². The number of ether oxygens (including phenoxy) is 3. The van der Waals surface area contributed by atoms with E-state index in [1.54, 1.807) is 11.0 Å². The van der Waals surface area contributed by atoms with Crippen molar-refractivity contribution in [1.82, 2.24) is 5.32 Å². The zero-order chi connectivity index (χ0) is 33.6. The van der Waals surface area contributed by atoms with Crippen LogP contribution in [0, 0.1) is 0 Å². The number of nitrogens with zero attached hydrogens (tertiary/aromatic N) is 1. The minimum atomic E-state index is -4.51. The Bertz CT molecular complexity index is 1590. The molecule has 250 valence electrons. The summed E-state index contributed by atoms with van der Waals surface area (Å²) in [6.45, 7) is -2.18. The number of halogens is 5. The molecular formula is C31H33F5N2O7S. The van der Waals surface area contributed by atoms with Crippen molar-refractivity contribution in [3.05, 3.63) is 83.4 Å². The number of benzene rings is 3. The van der Waals surface area contributed by atoms with E-state index in [4.69, 9.17) is 9.47 Å². The quantitative estimate of drug-likeness (QED) is 0.237. The number of nitrogens with one attached hydrogen (secondary N) is 1. The zero-order valence-corrected chi connectivity index (χ0v) is 25.7. The lowest BCUT2D eigenvalue weighted by Crippen LogP contribution is -2.34. The Labute approximate surface area is 262 Å². The number of hydrogen-bond acceptors (Lipinski definition) is 8. The Kier molecular flexibility index (Phi) is 11.1. The number of rotatable bonds is 13. The van der Waals surface area contributed by atoms with Gasteiger partial charge in [-0.1, -0.05) is 19.1 Å². The molecule has 0 unspecified atom stereocenters. The average molecular weight is 673 g/mol. The number of anilines is 1. The third-order valence-electron chi connectivity index (χ3n) is 7.55. The van der Waals surface area contributed by atoms with E-state index in [1.165, 1.54) is 62.6 Å². The third kappa shape index (κ3) is 8.44. The van der Waals surface area contributed by atoms with Crippen molar-refractivity contribution in [3.8, 4) is 11.5 Å². The maximum atomic E-state index is 13.2. The van der Waals surface area contributed by atoms with Gasteiger partial charge in [-0.3, -0.25) is 4.79 Å². The molecule has 15 heteroatoms. The molecule has 0 radical (unpaired) electrons. The van der Waals surface area contributed by atoms with Gasteiger partial charge in [0.1, 0.15) is 17.6 Å². The van der Waals surface area contributed by atoms with Crippen LogP contribution in [-0.2, 0) is 20.8 Å². The first-order valence-corrected chi connectivity index (χ1v) is 15.8. The van der Waals surface area contributed by atoms with Crippen molar-refractivity contribution in [2.24, 2.45) is 0 Å². The van der Waals surface area contributed by atoms with Gasteiger partial charge in [-0.05, 0) is 54.1 Å². The monoisotopic (exact) mass is 672 g/mol. The van der Waals surface area contributed by atoms with Crippen LogP contribution in [0.3, 0.4) is 0 Å². The second kappa shape index (κ2) is 14.6. The first-order chi connectivity index (χ1) is 21.7. The number of aliphatic hydroxyl groups is 1. The SMILES string of the molecule is CCS(=O)(=O)c1ccc([C@H](CO)NC(=O)c2ccc(N3C[C@@H](Oc4ccc(C(F)(F)F)cc4)C[C@H]3COC(F)F)cc2OC)cc1. The summed E-state index contributed by atoms with van der Waals surface area (Å²) < 4.78 is 105. The molecule has 1 aliphatic heterocycles. The normalized spacial score (nSPS) is 17.6. The first kappa shape index (κ1) is 34.9. The molecular weight excluding hydrogens is 639 g/mol. The molecule has 1 amide bonds. The minimum Gasteiger partial charge on any atom is -0.496 e. The minimum absolute atomic E-state index is 0.0768. The molecule has 0 aliphatic carbocycles. The Morgan fingerprint density at radius 1 is 1.07 bits per heavy atom. The van der Waals surface area contributed by atoms with Crippen LogP contribution >= 0.6 is 0 Å². The number of carbonyl (C=O) groups is 1. The van der Waals surface area contributed by atoms with E-state index in [1.807, 2.05) is 0 Å². The molecule has 0 saturated carbocycles. The van der Waals surface area contributed by atoms with E-state index in [-0.39, 0.29) is 47.3 Å². The molecule has 1 fully saturated rings. The topological polar surface area (TPSA) is 114 Å². The molecule has 2 N–H and O–H groups in total. The van der Waals surface area contributed by atoms with Crippen LogP contribution in [0.5, 0.6) is 11.5 Å². The fraction of sp³-hybridized carbons (Fsp3) is 0.387. The lowest BCUT2D eigenvalue weighted by atomic mass is 10.1. The molecule has 4 rings (SSSR count). The van der Waals surface area contributed by atoms with Gasteiger partial charge in [-0.15, -0.1) is 0 Å². The molecule has 3 atom stereocenters. The zero-order valence-electron chi connectivity index (χ0n) is 24.8. The molecule has 0 bridgehead atoms. The van der Waals surface area contributed by atoms with Crippen molar-refractivity contribution in [3.63, 3.8) is 0 Å². The molecule has 0 spiro atoms. The van der Waals surface area contributed by atoms with Crippen molar-refractivity contribution >= 4 is 21.4 Å². The molecule has 1 saturated heterocycles. The predicted octanol–water partition coefficient (Wildman–Crippen LogP) is 5.24. The summed E-state index contributed by atoms with van der Waals surface area (Å²) in [5.74, 6) is -0.364. The Hall–Kier alpha value is -3.95. The van der Waals surface area contributed by atoms with Gasteiger partial charge < -0.3 is 29.5 Å². The van der Waals surface area contributed by atoms with Crippen LogP contribution in [0.15, 0.2) is 71.6 Å². The molecule has 1 heterocycles. The predicted molar refractivity (Wildman–Crippen MR) is 158 cm³/mol. The van der Waals surface area contributed by atoms with Crippen molar-refractivity contribution in [1.29, 1.82) is 0 Å². The van der Waals surface area contributed by atoms with E-state index in [9.17, 15) is 40.3 Å². The Morgan fingerprint density at radius 3 is 2.30 bits per heavy atom. The smallest absolute Gasteiger partial charge is 0.416 e. The van der Waals surface area contributed by atoms with Gasteiger partial charge in [0.15, 0.2) is 9.84 Å². The summed E-state index contributed by atoms with van der Waals surface area (Å²) in [5, 5.41) is 12.7. The van der Waals surface area contributed by atoms with Gasteiger partial charge in [-0.25, -0.2) is 8.42 Å². The largest absolute Gasteiger partial charge is 0.496 e. The van der Waals surface area contributed by atoms with Gasteiger partial charge >= 0.3 is 12.8 Å². The van der Waals surface area contributed by atoms with Crippen LogP contribution in [0.2, 0.25) is 0 Å². The van der Waals surface area contributed by atoms with E-state index in [0.717, 1.165) is 12.1 Å². The summed E-state index contributed by atoms with van der Waals surface area (Å²) >= 11 is 0. The molecule has 3 aromatic carbocycles. The number of methoxy groups -OCH3 is 1. The fourth-order valence-electron chi connectivity index (χ4n) is 5.12. The Balaban J connectivity index is 1.51. The van der Waals surface area contributed by atoms with Crippen molar-refractivity contribution < 1.29 is 54.5 Å². The number of carbonyl (C=O) groups excluding carboxylic acids is 1. The molecule has 0 aromatic heterocycles. The number of amides is 1. The number of alkyl halides is 5. The average Bonchev–Trinajstić information content (AvgIpc) is 3.44. The summed E-state index contributed by atoms with van der Waals surface area (Å²) in [6.07, 6.45) is -4.87. The third-order valence-corrected chi connectivity index (χ3v) is 9.30. The van der Waals surface area contributed by atoms with Crippen molar-refractivity contribution in [2.75, 3.05) is 37.5 Å². The second-order valence-electron chi connectivity index (χ2n) is 10.5. The summed E-state index contributed by atoms with van der Waals surface area (Å²) in [4.78, 5) is 15.1. The second-order valence-corrected chi connectivity index (χ2v) is 12.7. The highest BCUT2D eigenvalue weighted by Crippen LogP contribution is 2.34. The van der Waals surface area contributed by atoms with Gasteiger partial charge in [0.2, 0.25) is 0 Å².